The molecule has 0 heterocycles. The minimum atomic E-state index is 0.512. The van der Waals surface area contributed by atoms with Crippen LogP contribution in [0.15, 0.2) is 28.7 Å². The van der Waals surface area contributed by atoms with Crippen molar-refractivity contribution in [1.82, 2.24) is 5.32 Å². The van der Waals surface area contributed by atoms with Crippen LogP contribution in [0.3, 0.4) is 0 Å². The summed E-state index contributed by atoms with van der Waals surface area (Å²) >= 11 is 3.44. The maximum atomic E-state index is 5.01. The first kappa shape index (κ1) is 13.7. The fourth-order valence-electron chi connectivity index (χ4n) is 1.61. The summed E-state index contributed by atoms with van der Waals surface area (Å²) in [5.41, 5.74) is 1.37. The summed E-state index contributed by atoms with van der Waals surface area (Å²) in [5.74, 6) is 0. The van der Waals surface area contributed by atoms with Gasteiger partial charge in [0.15, 0.2) is 0 Å². The first-order valence-corrected chi connectivity index (χ1v) is 6.48. The van der Waals surface area contributed by atoms with E-state index >= 15 is 0 Å². The van der Waals surface area contributed by atoms with Crippen molar-refractivity contribution in [3.8, 4) is 0 Å². The molecule has 0 aliphatic rings. The first-order chi connectivity index (χ1) is 7.72. The summed E-state index contributed by atoms with van der Waals surface area (Å²) in [5, 5.41) is 3.49. The molecule has 0 aliphatic carbocycles. The highest BCUT2D eigenvalue weighted by Gasteiger charge is 2.02. The smallest absolute Gasteiger partial charge is 0.0474 e. The van der Waals surface area contributed by atoms with Crippen molar-refractivity contribution in [3.63, 3.8) is 0 Å². The Morgan fingerprint density at radius 2 is 2.00 bits per heavy atom. The Morgan fingerprint density at radius 1 is 1.31 bits per heavy atom. The summed E-state index contributed by atoms with van der Waals surface area (Å²) in [7, 11) is 1.74. The quantitative estimate of drug-likeness (QED) is 0.778. The lowest BCUT2D eigenvalue weighted by Gasteiger charge is -2.13. The average molecular weight is 286 g/mol. The molecule has 0 spiro atoms. The van der Waals surface area contributed by atoms with Crippen LogP contribution in [0.1, 0.15) is 18.9 Å². The standard InChI is InChI=1S/C13H20BrNO/c1-11(15-8-3-9-16-2)10-12-4-6-13(14)7-5-12/h4-7,11,15H,3,8-10H2,1-2H3. The lowest BCUT2D eigenvalue weighted by molar-refractivity contribution is 0.193. The maximum absolute atomic E-state index is 5.01. The summed E-state index contributed by atoms with van der Waals surface area (Å²) in [6, 6.07) is 9.02. The third kappa shape index (κ3) is 5.64. The molecule has 3 heteroatoms. The molecule has 1 unspecified atom stereocenters. The molecule has 0 aliphatic heterocycles. The van der Waals surface area contributed by atoms with Crippen LogP contribution >= 0.6 is 15.9 Å². The van der Waals surface area contributed by atoms with Gasteiger partial charge in [-0.05, 0) is 44.0 Å². The van der Waals surface area contributed by atoms with Gasteiger partial charge in [-0.1, -0.05) is 28.1 Å². The average Bonchev–Trinajstić information content (AvgIpc) is 2.28. The van der Waals surface area contributed by atoms with Crippen molar-refractivity contribution in [3.05, 3.63) is 34.3 Å². The van der Waals surface area contributed by atoms with Crippen molar-refractivity contribution >= 4 is 15.9 Å². The van der Waals surface area contributed by atoms with E-state index < -0.39 is 0 Å². The molecule has 0 saturated carbocycles. The van der Waals surface area contributed by atoms with Crippen LogP contribution in [-0.4, -0.2) is 26.3 Å². The van der Waals surface area contributed by atoms with Gasteiger partial charge < -0.3 is 10.1 Å². The summed E-state index contributed by atoms with van der Waals surface area (Å²) in [6.07, 6.45) is 2.14. The van der Waals surface area contributed by atoms with Gasteiger partial charge in [-0.3, -0.25) is 0 Å². The normalized spacial score (nSPS) is 12.7. The second kappa shape index (κ2) is 7.82. The minimum Gasteiger partial charge on any atom is -0.385 e. The molecule has 16 heavy (non-hydrogen) atoms. The Balaban J connectivity index is 2.23. The number of hydrogen-bond donors (Lipinski definition) is 1. The second-order valence-electron chi connectivity index (χ2n) is 4.03. The third-order valence-electron chi connectivity index (χ3n) is 2.47. The van der Waals surface area contributed by atoms with E-state index in [1.165, 1.54) is 5.56 Å². The molecule has 1 atom stereocenters. The van der Waals surface area contributed by atoms with E-state index in [1.807, 2.05) is 0 Å². The van der Waals surface area contributed by atoms with Crippen LogP contribution < -0.4 is 5.32 Å². The van der Waals surface area contributed by atoms with Crippen LogP contribution in [0.4, 0.5) is 0 Å². The zero-order valence-corrected chi connectivity index (χ0v) is 11.6. The number of ether oxygens (including phenoxy) is 1. The molecule has 0 fully saturated rings. The Labute approximate surface area is 107 Å². The fourth-order valence-corrected chi connectivity index (χ4v) is 1.88. The van der Waals surface area contributed by atoms with Gasteiger partial charge in [0.25, 0.3) is 0 Å². The highest BCUT2D eigenvalue weighted by atomic mass is 79.9. The third-order valence-corrected chi connectivity index (χ3v) is 3.00. The molecular formula is C13H20BrNO. The highest BCUT2D eigenvalue weighted by Crippen LogP contribution is 2.11. The summed E-state index contributed by atoms with van der Waals surface area (Å²) in [4.78, 5) is 0. The van der Waals surface area contributed by atoms with Gasteiger partial charge in [0.2, 0.25) is 0 Å². The van der Waals surface area contributed by atoms with Crippen molar-refractivity contribution in [1.29, 1.82) is 0 Å². The molecule has 0 saturated heterocycles. The zero-order valence-electron chi connectivity index (χ0n) is 10.0. The van der Waals surface area contributed by atoms with Crippen LogP contribution in [0.5, 0.6) is 0 Å². The SMILES string of the molecule is COCCCNC(C)Cc1ccc(Br)cc1. The number of halogens is 1. The van der Waals surface area contributed by atoms with E-state index in [-0.39, 0.29) is 0 Å². The molecule has 1 N–H and O–H groups in total. The predicted molar refractivity (Wildman–Crippen MR) is 71.8 cm³/mol. The van der Waals surface area contributed by atoms with Gasteiger partial charge in [0.05, 0.1) is 0 Å². The van der Waals surface area contributed by atoms with E-state index in [1.54, 1.807) is 7.11 Å². The number of hydrogen-bond acceptors (Lipinski definition) is 2. The molecule has 0 amide bonds. The molecule has 1 aromatic carbocycles. The topological polar surface area (TPSA) is 21.3 Å². The molecule has 0 aromatic heterocycles. The van der Waals surface area contributed by atoms with Crippen LogP contribution in [-0.2, 0) is 11.2 Å². The highest BCUT2D eigenvalue weighted by molar-refractivity contribution is 9.10. The van der Waals surface area contributed by atoms with Gasteiger partial charge in [-0.2, -0.15) is 0 Å². The van der Waals surface area contributed by atoms with E-state index in [2.05, 4.69) is 52.4 Å². The summed E-state index contributed by atoms with van der Waals surface area (Å²) in [6.45, 7) is 4.07. The Bertz CT molecular complexity index is 286. The molecule has 1 rings (SSSR count). The van der Waals surface area contributed by atoms with Gasteiger partial charge in [-0.25, -0.2) is 0 Å². The van der Waals surface area contributed by atoms with E-state index in [0.29, 0.717) is 6.04 Å². The number of methoxy groups -OCH3 is 1. The Morgan fingerprint density at radius 3 is 2.62 bits per heavy atom. The van der Waals surface area contributed by atoms with Crippen LogP contribution in [0, 0.1) is 0 Å². The molecular weight excluding hydrogens is 266 g/mol. The monoisotopic (exact) mass is 285 g/mol. The summed E-state index contributed by atoms with van der Waals surface area (Å²) < 4.78 is 6.15. The van der Waals surface area contributed by atoms with Gasteiger partial charge in [0.1, 0.15) is 0 Å². The second-order valence-corrected chi connectivity index (χ2v) is 4.95. The van der Waals surface area contributed by atoms with E-state index in [0.717, 1.165) is 30.5 Å². The van der Waals surface area contributed by atoms with Crippen molar-refractivity contribution in [2.45, 2.75) is 25.8 Å². The molecule has 90 valence electrons. The van der Waals surface area contributed by atoms with Crippen molar-refractivity contribution in [2.24, 2.45) is 0 Å². The van der Waals surface area contributed by atoms with Gasteiger partial charge in [-0.15, -0.1) is 0 Å². The lowest BCUT2D eigenvalue weighted by atomic mass is 10.1. The lowest BCUT2D eigenvalue weighted by Crippen LogP contribution is -2.29. The van der Waals surface area contributed by atoms with Gasteiger partial charge in [0, 0.05) is 24.2 Å². The van der Waals surface area contributed by atoms with Crippen molar-refractivity contribution in [2.75, 3.05) is 20.3 Å². The van der Waals surface area contributed by atoms with Crippen LogP contribution in [0.25, 0.3) is 0 Å². The van der Waals surface area contributed by atoms with E-state index in [4.69, 9.17) is 4.74 Å². The fraction of sp³-hybridized carbons (Fsp3) is 0.538. The maximum Gasteiger partial charge on any atom is 0.0474 e. The number of benzene rings is 1. The predicted octanol–water partition coefficient (Wildman–Crippen LogP) is 3.01. The molecule has 2 nitrogen and oxygen atoms in total. The molecule has 0 bridgehead atoms. The van der Waals surface area contributed by atoms with Gasteiger partial charge >= 0.3 is 0 Å². The van der Waals surface area contributed by atoms with Crippen molar-refractivity contribution < 1.29 is 4.74 Å². The Hall–Kier alpha value is -0.380. The molecule has 1 aromatic rings. The number of rotatable bonds is 7. The van der Waals surface area contributed by atoms with Crippen LogP contribution in [0.2, 0.25) is 0 Å². The first-order valence-electron chi connectivity index (χ1n) is 5.69. The number of nitrogens with one attached hydrogen (secondary N) is 1. The Kier molecular flexibility index (Phi) is 6.69. The van der Waals surface area contributed by atoms with E-state index in [9.17, 15) is 0 Å². The molecule has 0 radical (unpaired) electrons. The zero-order chi connectivity index (χ0) is 11.8. The largest absolute Gasteiger partial charge is 0.385 e. The minimum absolute atomic E-state index is 0.512.